The molecule has 0 saturated carbocycles. The molecule has 160 valence electrons. The van der Waals surface area contributed by atoms with Crippen LogP contribution in [0.5, 0.6) is 17.2 Å². The fourth-order valence-corrected chi connectivity index (χ4v) is 4.45. The van der Waals surface area contributed by atoms with Crippen LogP contribution < -0.4 is 23.8 Å². The van der Waals surface area contributed by atoms with E-state index in [1.165, 1.54) is 4.31 Å². The number of sulfonamides is 1. The number of hydrogen-bond acceptors (Lipinski definition) is 6. The summed E-state index contributed by atoms with van der Waals surface area (Å²) >= 11 is 0. The average Bonchev–Trinajstić information content (AvgIpc) is 2.71. The molecule has 2 heterocycles. The molecule has 1 N–H and O–H groups in total. The van der Waals surface area contributed by atoms with Gasteiger partial charge in [0, 0.05) is 0 Å². The summed E-state index contributed by atoms with van der Waals surface area (Å²) in [5, 5.41) is 2.91. The number of amides is 1. The van der Waals surface area contributed by atoms with Crippen LogP contribution in [-0.2, 0) is 14.8 Å². The van der Waals surface area contributed by atoms with Gasteiger partial charge in [0.25, 0.3) is 5.91 Å². The van der Waals surface area contributed by atoms with Crippen LogP contribution in [0.4, 0.5) is 5.69 Å². The Balaban J connectivity index is 1.53. The Morgan fingerprint density at radius 2 is 1.83 bits per heavy atom. The lowest BCUT2D eigenvalue weighted by molar-refractivity contribution is -0.128. The summed E-state index contributed by atoms with van der Waals surface area (Å²) in [6.07, 6.45) is 0.156. The lowest BCUT2D eigenvalue weighted by Gasteiger charge is -2.34. The fraction of sp³-hybridized carbons (Fsp3) is 0.381. The van der Waals surface area contributed by atoms with Crippen LogP contribution in [0, 0.1) is 6.92 Å². The van der Waals surface area contributed by atoms with Gasteiger partial charge in [-0.2, -0.15) is 0 Å². The van der Waals surface area contributed by atoms with Gasteiger partial charge in [0.1, 0.15) is 19.0 Å². The van der Waals surface area contributed by atoms with E-state index in [-0.39, 0.29) is 12.6 Å². The van der Waals surface area contributed by atoms with Gasteiger partial charge in [0.15, 0.2) is 17.6 Å². The van der Waals surface area contributed by atoms with Crippen molar-refractivity contribution >= 4 is 21.6 Å². The molecule has 4 rings (SSSR count). The van der Waals surface area contributed by atoms with Crippen molar-refractivity contribution in [1.82, 2.24) is 5.32 Å². The minimum absolute atomic E-state index is 0.0887. The van der Waals surface area contributed by atoms with Crippen molar-refractivity contribution in [1.29, 1.82) is 0 Å². The highest BCUT2D eigenvalue weighted by molar-refractivity contribution is 7.92. The Bertz CT molecular complexity index is 1080. The molecule has 1 amide bonds. The number of nitrogens with zero attached hydrogens (tertiary/aromatic N) is 1. The number of hydrogen-bond donors (Lipinski definition) is 1. The molecule has 0 radical (unpaired) electrons. The summed E-state index contributed by atoms with van der Waals surface area (Å²) in [6, 6.07) is 10.4. The maximum absolute atomic E-state index is 12.9. The van der Waals surface area contributed by atoms with Crippen LogP contribution in [0.15, 0.2) is 36.4 Å². The number of fused-ring (bicyclic) bond motifs is 2. The van der Waals surface area contributed by atoms with Crippen LogP contribution in [0.2, 0.25) is 0 Å². The first-order valence-corrected chi connectivity index (χ1v) is 11.5. The maximum Gasteiger partial charge on any atom is 0.263 e. The molecule has 2 aliphatic rings. The second-order valence-corrected chi connectivity index (χ2v) is 9.41. The highest BCUT2D eigenvalue weighted by Crippen LogP contribution is 2.36. The summed E-state index contributed by atoms with van der Waals surface area (Å²) in [4.78, 5) is 12.9. The lowest BCUT2D eigenvalue weighted by Crippen LogP contribution is -2.50. The van der Waals surface area contributed by atoms with Gasteiger partial charge in [0.2, 0.25) is 10.0 Å². The third-order valence-corrected chi connectivity index (χ3v) is 6.25. The summed E-state index contributed by atoms with van der Waals surface area (Å²) < 4.78 is 42.8. The minimum atomic E-state index is -3.57. The van der Waals surface area contributed by atoms with Crippen molar-refractivity contribution in [3.63, 3.8) is 0 Å². The highest BCUT2D eigenvalue weighted by Gasteiger charge is 2.35. The van der Waals surface area contributed by atoms with Crippen molar-refractivity contribution in [2.24, 2.45) is 0 Å². The molecule has 8 nitrogen and oxygen atoms in total. The number of carbonyl (C=O) groups excluding carboxylic acids is 1. The van der Waals surface area contributed by atoms with Crippen LogP contribution in [0.1, 0.15) is 24.1 Å². The van der Waals surface area contributed by atoms with E-state index in [4.69, 9.17) is 14.2 Å². The first-order valence-electron chi connectivity index (χ1n) is 9.67. The molecule has 2 aromatic carbocycles. The van der Waals surface area contributed by atoms with E-state index in [9.17, 15) is 13.2 Å². The third kappa shape index (κ3) is 4.02. The quantitative estimate of drug-likeness (QED) is 0.796. The predicted octanol–water partition coefficient (Wildman–Crippen LogP) is 2.17. The van der Waals surface area contributed by atoms with Gasteiger partial charge in [-0.3, -0.25) is 9.10 Å². The van der Waals surface area contributed by atoms with Gasteiger partial charge in [-0.1, -0.05) is 12.1 Å². The zero-order chi connectivity index (χ0) is 21.5. The van der Waals surface area contributed by atoms with Gasteiger partial charge < -0.3 is 19.5 Å². The van der Waals surface area contributed by atoms with E-state index in [0.29, 0.717) is 36.1 Å². The minimum Gasteiger partial charge on any atom is -0.486 e. The van der Waals surface area contributed by atoms with E-state index in [0.717, 1.165) is 17.4 Å². The van der Waals surface area contributed by atoms with E-state index in [2.05, 4.69) is 5.32 Å². The van der Waals surface area contributed by atoms with Gasteiger partial charge in [-0.05, 0) is 49.2 Å². The predicted molar refractivity (Wildman–Crippen MR) is 112 cm³/mol. The summed E-state index contributed by atoms with van der Waals surface area (Å²) in [7, 11) is -3.57. The number of rotatable bonds is 4. The first-order chi connectivity index (χ1) is 14.2. The molecule has 0 bridgehead atoms. The Morgan fingerprint density at radius 1 is 1.10 bits per heavy atom. The van der Waals surface area contributed by atoms with Gasteiger partial charge in [0.05, 0.1) is 24.5 Å². The van der Waals surface area contributed by atoms with E-state index < -0.39 is 22.0 Å². The third-order valence-electron chi connectivity index (χ3n) is 5.10. The lowest BCUT2D eigenvalue weighted by atomic mass is 10.1. The zero-order valence-corrected chi connectivity index (χ0v) is 17.9. The molecule has 0 fully saturated rings. The van der Waals surface area contributed by atoms with E-state index >= 15 is 0 Å². The largest absolute Gasteiger partial charge is 0.486 e. The van der Waals surface area contributed by atoms with E-state index in [1.807, 2.05) is 38.1 Å². The van der Waals surface area contributed by atoms with Crippen molar-refractivity contribution in [3.8, 4) is 17.2 Å². The number of ether oxygens (including phenoxy) is 3. The summed E-state index contributed by atoms with van der Waals surface area (Å²) in [5.41, 5.74) is 2.19. The topological polar surface area (TPSA) is 94.2 Å². The Morgan fingerprint density at radius 3 is 2.57 bits per heavy atom. The van der Waals surface area contributed by atoms with Crippen LogP contribution in [0.3, 0.4) is 0 Å². The van der Waals surface area contributed by atoms with Gasteiger partial charge in [-0.25, -0.2) is 8.42 Å². The van der Waals surface area contributed by atoms with Crippen molar-refractivity contribution in [2.75, 3.05) is 30.3 Å². The van der Waals surface area contributed by atoms with Gasteiger partial charge in [-0.15, -0.1) is 0 Å². The van der Waals surface area contributed by atoms with Crippen molar-refractivity contribution < 1.29 is 27.4 Å². The number of nitrogens with one attached hydrogen (secondary N) is 1. The van der Waals surface area contributed by atoms with Crippen molar-refractivity contribution in [3.05, 3.63) is 47.5 Å². The smallest absolute Gasteiger partial charge is 0.263 e. The number of aryl methyl sites for hydroxylation is 1. The Hall–Kier alpha value is -2.94. The molecule has 2 atom stereocenters. The van der Waals surface area contributed by atoms with Crippen LogP contribution in [-0.4, -0.2) is 46.4 Å². The number of benzene rings is 2. The molecular formula is C21H24N2O6S. The zero-order valence-electron chi connectivity index (χ0n) is 17.0. The fourth-order valence-electron chi connectivity index (χ4n) is 3.53. The number of carbonyl (C=O) groups is 1. The van der Waals surface area contributed by atoms with Gasteiger partial charge >= 0.3 is 0 Å². The molecule has 2 aliphatic heterocycles. The second-order valence-electron chi connectivity index (χ2n) is 7.51. The van der Waals surface area contributed by atoms with Crippen LogP contribution >= 0.6 is 0 Å². The molecule has 0 aliphatic carbocycles. The SMILES string of the molecule is Cc1ccc2c(c1)O[C@@H](C(=O)N[C@@H](C)c1ccc3c(c1)OCCO3)CN2S(C)(=O)=O. The molecule has 30 heavy (non-hydrogen) atoms. The molecular weight excluding hydrogens is 408 g/mol. The maximum atomic E-state index is 12.9. The molecule has 0 unspecified atom stereocenters. The molecule has 9 heteroatoms. The standard InChI is InChI=1S/C21H24N2O6S/c1-13-4-6-16-18(10-13)29-20(12-23(16)30(3,25)26)21(24)22-14(2)15-5-7-17-19(11-15)28-9-8-27-17/h4-7,10-11,14,20H,8-9,12H2,1-3H3,(H,22,24)/t14-,20+/m0/s1. The van der Waals surface area contributed by atoms with E-state index in [1.54, 1.807) is 12.1 Å². The Labute approximate surface area is 175 Å². The van der Waals surface area contributed by atoms with Crippen LogP contribution in [0.25, 0.3) is 0 Å². The molecule has 0 saturated heterocycles. The monoisotopic (exact) mass is 432 g/mol. The molecule has 0 aromatic heterocycles. The first kappa shape index (κ1) is 20.3. The second kappa shape index (κ2) is 7.71. The summed E-state index contributed by atoms with van der Waals surface area (Å²) in [5.74, 6) is 1.30. The highest BCUT2D eigenvalue weighted by atomic mass is 32.2. The normalized spacial score (nSPS) is 18.8. The Kier molecular flexibility index (Phi) is 5.23. The van der Waals surface area contributed by atoms with Crippen molar-refractivity contribution in [2.45, 2.75) is 26.0 Å². The summed E-state index contributed by atoms with van der Waals surface area (Å²) in [6.45, 7) is 4.62. The molecule has 0 spiro atoms. The average molecular weight is 432 g/mol. The number of anilines is 1. The molecule has 2 aromatic rings.